The number of rotatable bonds is 2. The quantitative estimate of drug-likeness (QED) is 0.616. The minimum Gasteiger partial charge on any atom is -0.295 e. The minimum atomic E-state index is -0.0116. The Bertz CT molecular complexity index is 334. The van der Waals surface area contributed by atoms with Crippen molar-refractivity contribution in [2.75, 3.05) is 0 Å². The highest BCUT2D eigenvalue weighted by Gasteiger charge is 1.89. The van der Waals surface area contributed by atoms with Crippen LogP contribution in [0.2, 0.25) is 0 Å². The van der Waals surface area contributed by atoms with Crippen LogP contribution in [0.5, 0.6) is 0 Å². The zero-order valence-electron chi connectivity index (χ0n) is 7.32. The van der Waals surface area contributed by atoms with E-state index in [0.29, 0.717) is 6.54 Å². The highest BCUT2D eigenvalue weighted by atomic mass is 16.1. The molecule has 0 bridgehead atoms. The van der Waals surface area contributed by atoms with E-state index in [1.165, 1.54) is 17.8 Å². The van der Waals surface area contributed by atoms with Gasteiger partial charge in [0.15, 0.2) is 0 Å². The largest absolute Gasteiger partial charge is 0.295 e. The molecule has 0 radical (unpaired) electrons. The second-order valence-electron chi connectivity index (χ2n) is 2.85. The SMILES string of the molecule is CC(C)=CCn1cnccc1=O. The van der Waals surface area contributed by atoms with E-state index in [1.54, 1.807) is 10.9 Å². The molecule has 0 spiro atoms. The first-order valence-electron chi connectivity index (χ1n) is 3.84. The molecule has 1 aromatic rings. The van der Waals surface area contributed by atoms with Crippen LogP contribution in [0.1, 0.15) is 13.8 Å². The molecule has 0 saturated heterocycles. The van der Waals surface area contributed by atoms with E-state index >= 15 is 0 Å². The lowest BCUT2D eigenvalue weighted by Crippen LogP contribution is -2.17. The molecule has 0 atom stereocenters. The second-order valence-corrected chi connectivity index (χ2v) is 2.85. The summed E-state index contributed by atoms with van der Waals surface area (Å²) in [7, 11) is 0. The van der Waals surface area contributed by atoms with Gasteiger partial charge in [0.2, 0.25) is 0 Å². The van der Waals surface area contributed by atoms with Crippen LogP contribution in [0, 0.1) is 0 Å². The number of hydrogen-bond acceptors (Lipinski definition) is 2. The molecular formula is C9H12N2O. The molecule has 0 aliphatic rings. The van der Waals surface area contributed by atoms with E-state index in [1.807, 2.05) is 19.9 Å². The monoisotopic (exact) mass is 164 g/mol. The van der Waals surface area contributed by atoms with Crippen molar-refractivity contribution in [2.45, 2.75) is 20.4 Å². The Balaban J connectivity index is 2.84. The Morgan fingerprint density at radius 1 is 1.67 bits per heavy atom. The summed E-state index contributed by atoms with van der Waals surface area (Å²) in [6.45, 7) is 4.61. The predicted molar refractivity (Wildman–Crippen MR) is 47.9 cm³/mol. The maximum Gasteiger partial charge on any atom is 0.253 e. The zero-order chi connectivity index (χ0) is 8.97. The maximum atomic E-state index is 11.1. The Labute approximate surface area is 71.4 Å². The van der Waals surface area contributed by atoms with Crippen LogP contribution in [0.3, 0.4) is 0 Å². The van der Waals surface area contributed by atoms with Gasteiger partial charge in [-0.2, -0.15) is 0 Å². The van der Waals surface area contributed by atoms with Crippen molar-refractivity contribution in [3.8, 4) is 0 Å². The van der Waals surface area contributed by atoms with Gasteiger partial charge in [-0.3, -0.25) is 9.36 Å². The van der Waals surface area contributed by atoms with Gasteiger partial charge in [0.05, 0.1) is 6.33 Å². The average Bonchev–Trinajstić information content (AvgIpc) is 2.03. The van der Waals surface area contributed by atoms with Gasteiger partial charge in [-0.1, -0.05) is 11.6 Å². The van der Waals surface area contributed by atoms with Crippen LogP contribution in [0.25, 0.3) is 0 Å². The van der Waals surface area contributed by atoms with Crippen LogP contribution in [-0.4, -0.2) is 9.55 Å². The summed E-state index contributed by atoms with van der Waals surface area (Å²) in [5, 5.41) is 0. The third-order valence-electron chi connectivity index (χ3n) is 1.49. The van der Waals surface area contributed by atoms with E-state index < -0.39 is 0 Å². The summed E-state index contributed by atoms with van der Waals surface area (Å²) < 4.78 is 1.56. The molecule has 0 amide bonds. The molecule has 0 unspecified atom stereocenters. The molecule has 0 N–H and O–H groups in total. The van der Waals surface area contributed by atoms with Gasteiger partial charge in [0, 0.05) is 18.8 Å². The highest BCUT2D eigenvalue weighted by Crippen LogP contribution is 1.89. The van der Waals surface area contributed by atoms with E-state index in [9.17, 15) is 4.79 Å². The van der Waals surface area contributed by atoms with E-state index in [-0.39, 0.29) is 5.56 Å². The van der Waals surface area contributed by atoms with Crippen LogP contribution in [0.4, 0.5) is 0 Å². The van der Waals surface area contributed by atoms with Crippen molar-refractivity contribution in [1.29, 1.82) is 0 Å². The topological polar surface area (TPSA) is 34.9 Å². The predicted octanol–water partition coefficient (Wildman–Crippen LogP) is 1.21. The molecule has 64 valence electrons. The van der Waals surface area contributed by atoms with Gasteiger partial charge >= 0.3 is 0 Å². The Morgan fingerprint density at radius 3 is 3.00 bits per heavy atom. The lowest BCUT2D eigenvalue weighted by atomic mass is 10.3. The molecule has 0 aliphatic heterocycles. The Hall–Kier alpha value is -1.38. The lowest BCUT2D eigenvalue weighted by Gasteiger charge is -1.98. The fourth-order valence-electron chi connectivity index (χ4n) is 0.796. The van der Waals surface area contributed by atoms with Crippen molar-refractivity contribution in [3.63, 3.8) is 0 Å². The van der Waals surface area contributed by atoms with E-state index in [4.69, 9.17) is 0 Å². The van der Waals surface area contributed by atoms with Gasteiger partial charge in [-0.25, -0.2) is 4.98 Å². The summed E-state index contributed by atoms with van der Waals surface area (Å²) in [5.41, 5.74) is 1.19. The molecule has 1 aromatic heterocycles. The molecule has 1 rings (SSSR count). The molecular weight excluding hydrogens is 152 g/mol. The maximum absolute atomic E-state index is 11.1. The van der Waals surface area contributed by atoms with E-state index in [2.05, 4.69) is 4.98 Å². The normalized spacial score (nSPS) is 9.50. The summed E-state index contributed by atoms with van der Waals surface area (Å²) >= 11 is 0. The second kappa shape index (κ2) is 3.85. The van der Waals surface area contributed by atoms with Crippen LogP contribution in [-0.2, 0) is 6.54 Å². The van der Waals surface area contributed by atoms with Crippen molar-refractivity contribution in [2.24, 2.45) is 0 Å². The third kappa shape index (κ3) is 2.34. The summed E-state index contributed by atoms with van der Waals surface area (Å²) in [6.07, 6.45) is 5.03. The van der Waals surface area contributed by atoms with Gasteiger partial charge in [0.1, 0.15) is 0 Å². The summed E-state index contributed by atoms with van der Waals surface area (Å²) in [6, 6.07) is 1.46. The smallest absolute Gasteiger partial charge is 0.253 e. The van der Waals surface area contributed by atoms with Crippen LogP contribution < -0.4 is 5.56 Å². The number of aromatic nitrogens is 2. The van der Waals surface area contributed by atoms with Crippen molar-refractivity contribution >= 4 is 0 Å². The molecule has 0 fully saturated rings. The first kappa shape index (κ1) is 8.71. The standard InChI is InChI=1S/C9H12N2O/c1-8(2)4-6-11-7-10-5-3-9(11)12/h3-5,7H,6H2,1-2H3. The first-order valence-corrected chi connectivity index (χ1v) is 3.84. The summed E-state index contributed by atoms with van der Waals surface area (Å²) in [4.78, 5) is 15.0. The zero-order valence-corrected chi connectivity index (χ0v) is 7.32. The van der Waals surface area contributed by atoms with Gasteiger partial charge in [0.25, 0.3) is 5.56 Å². The first-order chi connectivity index (χ1) is 5.70. The molecule has 0 saturated carbocycles. The molecule has 3 nitrogen and oxygen atoms in total. The van der Waals surface area contributed by atoms with Crippen molar-refractivity contribution in [1.82, 2.24) is 9.55 Å². The number of hydrogen-bond donors (Lipinski definition) is 0. The minimum absolute atomic E-state index is 0.0116. The van der Waals surface area contributed by atoms with E-state index in [0.717, 1.165) is 0 Å². The number of nitrogens with zero attached hydrogens (tertiary/aromatic N) is 2. The van der Waals surface area contributed by atoms with Crippen molar-refractivity contribution < 1.29 is 0 Å². The third-order valence-corrected chi connectivity index (χ3v) is 1.49. The van der Waals surface area contributed by atoms with Crippen LogP contribution >= 0.6 is 0 Å². The van der Waals surface area contributed by atoms with Gasteiger partial charge < -0.3 is 0 Å². The number of allylic oxidation sites excluding steroid dienone is 2. The highest BCUT2D eigenvalue weighted by molar-refractivity contribution is 4.94. The fraction of sp³-hybridized carbons (Fsp3) is 0.333. The fourth-order valence-corrected chi connectivity index (χ4v) is 0.796. The Morgan fingerprint density at radius 2 is 2.42 bits per heavy atom. The average molecular weight is 164 g/mol. The molecule has 3 heteroatoms. The van der Waals surface area contributed by atoms with Crippen LogP contribution in [0.15, 0.2) is 35.0 Å². The molecule has 0 aliphatic carbocycles. The molecule has 12 heavy (non-hydrogen) atoms. The van der Waals surface area contributed by atoms with Crippen molar-refractivity contribution in [3.05, 3.63) is 40.6 Å². The molecule has 0 aromatic carbocycles. The van der Waals surface area contributed by atoms with Gasteiger partial charge in [-0.05, 0) is 13.8 Å². The Kier molecular flexibility index (Phi) is 2.80. The summed E-state index contributed by atoms with van der Waals surface area (Å²) in [5.74, 6) is 0. The molecule has 1 heterocycles. The van der Waals surface area contributed by atoms with Gasteiger partial charge in [-0.15, -0.1) is 0 Å². The lowest BCUT2D eigenvalue weighted by molar-refractivity contribution is 0.749.